The van der Waals surface area contributed by atoms with Crippen LogP contribution in [-0.2, 0) is 4.79 Å². The Balaban J connectivity index is 1.67. The van der Waals surface area contributed by atoms with Crippen molar-refractivity contribution in [2.24, 2.45) is 0 Å². The fraction of sp³-hybridized carbons (Fsp3) is 0.312. The predicted octanol–water partition coefficient (Wildman–Crippen LogP) is 3.94. The number of carbonyl (C=O) groups is 1. The summed E-state index contributed by atoms with van der Waals surface area (Å²) in [7, 11) is 0. The largest absolute Gasteiger partial charge is 0.374 e. The first-order valence-corrected chi connectivity index (χ1v) is 8.16. The Morgan fingerprint density at radius 2 is 2.09 bits per heavy atom. The number of carbonyl (C=O) groups excluding carboxylic acids is 1. The lowest BCUT2D eigenvalue weighted by molar-refractivity contribution is -0.130. The van der Waals surface area contributed by atoms with E-state index in [0.717, 1.165) is 29.9 Å². The van der Waals surface area contributed by atoms with Crippen LogP contribution in [0.1, 0.15) is 23.8 Å². The highest BCUT2D eigenvalue weighted by Gasteiger charge is 2.30. The number of halogens is 3. The molecule has 1 unspecified atom stereocenters. The molecule has 1 saturated heterocycles. The molecule has 7 heteroatoms. The molecule has 0 spiro atoms. The predicted molar refractivity (Wildman–Crippen MR) is 82.8 cm³/mol. The lowest BCUT2D eigenvalue weighted by Crippen LogP contribution is -2.35. The van der Waals surface area contributed by atoms with Gasteiger partial charge in [0.25, 0.3) is 0 Å². The Morgan fingerprint density at radius 1 is 1.26 bits per heavy atom. The van der Waals surface area contributed by atoms with E-state index in [9.17, 15) is 18.0 Å². The Kier molecular flexibility index (Phi) is 4.56. The average Bonchev–Trinajstić information content (AvgIpc) is 3.22. The number of nitrogens with one attached hydrogen (secondary N) is 1. The number of anilines is 1. The fourth-order valence-electron chi connectivity index (χ4n) is 2.78. The quantitative estimate of drug-likeness (QED) is 0.855. The summed E-state index contributed by atoms with van der Waals surface area (Å²) in [5.41, 5.74) is -0.218. The molecule has 1 N–H and O–H groups in total. The molecule has 122 valence electrons. The van der Waals surface area contributed by atoms with Crippen LogP contribution in [0.2, 0.25) is 0 Å². The highest BCUT2D eigenvalue weighted by molar-refractivity contribution is 7.10. The standard InChI is InChI=1S/C16H15F3N2OS/c17-10-5-6-11(16(19)15(10)18)20-9-14(22)21-7-1-3-12(21)13-4-2-8-23-13/h2,4-6,8,12,20H,1,3,7,9H2. The van der Waals surface area contributed by atoms with Crippen molar-refractivity contribution < 1.29 is 18.0 Å². The van der Waals surface area contributed by atoms with Crippen LogP contribution in [0, 0.1) is 17.5 Å². The van der Waals surface area contributed by atoms with Gasteiger partial charge >= 0.3 is 0 Å². The maximum Gasteiger partial charge on any atom is 0.242 e. The minimum atomic E-state index is -1.54. The zero-order valence-electron chi connectivity index (χ0n) is 12.2. The van der Waals surface area contributed by atoms with Gasteiger partial charge in [-0.1, -0.05) is 6.07 Å². The third kappa shape index (κ3) is 3.19. The van der Waals surface area contributed by atoms with Gasteiger partial charge < -0.3 is 10.2 Å². The summed E-state index contributed by atoms with van der Waals surface area (Å²) in [6.45, 7) is 0.479. The van der Waals surface area contributed by atoms with Crippen molar-refractivity contribution in [1.82, 2.24) is 4.90 Å². The third-order valence-electron chi connectivity index (χ3n) is 3.91. The van der Waals surface area contributed by atoms with Gasteiger partial charge in [0.1, 0.15) is 0 Å². The summed E-state index contributed by atoms with van der Waals surface area (Å²) in [6, 6.07) is 5.88. The monoisotopic (exact) mass is 340 g/mol. The first kappa shape index (κ1) is 15.9. The zero-order valence-corrected chi connectivity index (χ0v) is 13.0. The minimum Gasteiger partial charge on any atom is -0.374 e. The summed E-state index contributed by atoms with van der Waals surface area (Å²) in [5.74, 6) is -4.30. The third-order valence-corrected chi connectivity index (χ3v) is 4.88. The van der Waals surface area contributed by atoms with Crippen molar-refractivity contribution in [2.75, 3.05) is 18.4 Å². The molecule has 0 saturated carbocycles. The second-order valence-electron chi connectivity index (χ2n) is 5.34. The highest BCUT2D eigenvalue weighted by atomic mass is 32.1. The van der Waals surface area contributed by atoms with Gasteiger partial charge in [0.05, 0.1) is 18.3 Å². The van der Waals surface area contributed by atoms with Gasteiger partial charge in [-0.3, -0.25) is 4.79 Å². The summed E-state index contributed by atoms with van der Waals surface area (Å²) in [4.78, 5) is 15.2. The second kappa shape index (κ2) is 6.62. The Bertz CT molecular complexity index is 706. The molecule has 0 bridgehead atoms. The number of thiophene rings is 1. The molecule has 0 aliphatic carbocycles. The SMILES string of the molecule is O=C(CNc1ccc(F)c(F)c1F)N1CCCC1c1cccs1. The number of nitrogens with zero attached hydrogens (tertiary/aromatic N) is 1. The first-order chi connectivity index (χ1) is 11.1. The number of likely N-dealkylation sites (tertiary alicyclic amines) is 1. The maximum absolute atomic E-state index is 13.6. The van der Waals surface area contributed by atoms with Crippen LogP contribution < -0.4 is 5.32 Å². The van der Waals surface area contributed by atoms with E-state index in [1.54, 1.807) is 16.2 Å². The Hall–Kier alpha value is -2.02. The molecule has 1 aliphatic rings. The van der Waals surface area contributed by atoms with E-state index in [2.05, 4.69) is 5.32 Å². The van der Waals surface area contributed by atoms with Crippen LogP contribution in [0.3, 0.4) is 0 Å². The van der Waals surface area contributed by atoms with Crippen molar-refractivity contribution in [3.63, 3.8) is 0 Å². The summed E-state index contributed by atoms with van der Waals surface area (Å²) >= 11 is 1.60. The van der Waals surface area contributed by atoms with Gasteiger partial charge in [0.2, 0.25) is 5.91 Å². The van der Waals surface area contributed by atoms with E-state index in [1.165, 1.54) is 0 Å². The molecule has 1 aromatic carbocycles. The normalized spacial score (nSPS) is 17.5. The van der Waals surface area contributed by atoms with Crippen molar-refractivity contribution in [3.8, 4) is 0 Å². The summed E-state index contributed by atoms with van der Waals surface area (Å²) in [6.07, 6.45) is 1.81. The molecule has 2 heterocycles. The number of hydrogen-bond acceptors (Lipinski definition) is 3. The van der Waals surface area contributed by atoms with Crippen LogP contribution in [0.4, 0.5) is 18.9 Å². The maximum atomic E-state index is 13.6. The van der Waals surface area contributed by atoms with Gasteiger partial charge in [-0.05, 0) is 36.4 Å². The molecule has 1 atom stereocenters. The van der Waals surface area contributed by atoms with Gasteiger partial charge in [-0.25, -0.2) is 13.2 Å². The highest BCUT2D eigenvalue weighted by Crippen LogP contribution is 2.34. The van der Waals surface area contributed by atoms with Gasteiger partial charge in [0.15, 0.2) is 17.5 Å². The number of hydrogen-bond donors (Lipinski definition) is 1. The van der Waals surface area contributed by atoms with Crippen LogP contribution in [0.5, 0.6) is 0 Å². The number of amides is 1. The molecular formula is C16H15F3N2OS. The zero-order chi connectivity index (χ0) is 16.4. The van der Waals surface area contributed by atoms with E-state index in [1.807, 2.05) is 17.5 Å². The molecule has 1 aliphatic heterocycles. The van der Waals surface area contributed by atoms with Crippen molar-refractivity contribution >= 4 is 22.9 Å². The molecule has 1 amide bonds. The molecule has 1 fully saturated rings. The van der Waals surface area contributed by atoms with E-state index >= 15 is 0 Å². The minimum absolute atomic E-state index is 0.0408. The smallest absolute Gasteiger partial charge is 0.242 e. The molecule has 0 radical (unpaired) electrons. The lowest BCUT2D eigenvalue weighted by Gasteiger charge is -2.24. The van der Waals surface area contributed by atoms with E-state index in [0.29, 0.717) is 6.54 Å². The van der Waals surface area contributed by atoms with E-state index in [-0.39, 0.29) is 24.2 Å². The molecule has 2 aromatic rings. The molecule has 1 aromatic heterocycles. The van der Waals surface area contributed by atoms with Crippen molar-refractivity contribution in [2.45, 2.75) is 18.9 Å². The molecular weight excluding hydrogens is 325 g/mol. The average molecular weight is 340 g/mol. The fourth-order valence-corrected chi connectivity index (χ4v) is 3.65. The van der Waals surface area contributed by atoms with E-state index in [4.69, 9.17) is 0 Å². The van der Waals surface area contributed by atoms with Crippen molar-refractivity contribution in [3.05, 3.63) is 52.0 Å². The van der Waals surface area contributed by atoms with Crippen LogP contribution in [-0.4, -0.2) is 23.9 Å². The topological polar surface area (TPSA) is 32.3 Å². The Morgan fingerprint density at radius 3 is 2.83 bits per heavy atom. The molecule has 23 heavy (non-hydrogen) atoms. The first-order valence-electron chi connectivity index (χ1n) is 7.28. The van der Waals surface area contributed by atoms with Crippen LogP contribution in [0.15, 0.2) is 29.6 Å². The number of rotatable bonds is 4. The molecule has 3 nitrogen and oxygen atoms in total. The second-order valence-corrected chi connectivity index (χ2v) is 6.32. The molecule has 3 rings (SSSR count). The summed E-state index contributed by atoms with van der Waals surface area (Å²) < 4.78 is 39.7. The lowest BCUT2D eigenvalue weighted by atomic mass is 10.2. The van der Waals surface area contributed by atoms with Gasteiger partial charge in [-0.2, -0.15) is 0 Å². The van der Waals surface area contributed by atoms with Gasteiger partial charge in [0, 0.05) is 11.4 Å². The van der Waals surface area contributed by atoms with Gasteiger partial charge in [-0.15, -0.1) is 11.3 Å². The van der Waals surface area contributed by atoms with E-state index < -0.39 is 17.5 Å². The summed E-state index contributed by atoms with van der Waals surface area (Å²) in [5, 5.41) is 4.52. The van der Waals surface area contributed by atoms with Crippen LogP contribution >= 0.6 is 11.3 Å². The number of benzene rings is 1. The van der Waals surface area contributed by atoms with Crippen molar-refractivity contribution in [1.29, 1.82) is 0 Å². The van der Waals surface area contributed by atoms with Crippen LogP contribution in [0.25, 0.3) is 0 Å². The Labute approximate surface area is 135 Å².